The number of rotatable bonds is 8. The van der Waals surface area contributed by atoms with E-state index in [1.807, 2.05) is 0 Å². The molecule has 1 saturated carbocycles. The highest BCUT2D eigenvalue weighted by atomic mass is 28.3. The minimum absolute atomic E-state index is 0.0965. The molecule has 1 fully saturated rings. The molecule has 1 rings (SSSR count). The van der Waals surface area contributed by atoms with Crippen molar-refractivity contribution in [2.45, 2.75) is 63.2 Å². The lowest BCUT2D eigenvalue weighted by atomic mass is 10.1. The van der Waals surface area contributed by atoms with Crippen molar-refractivity contribution >= 4 is 14.0 Å². The summed E-state index contributed by atoms with van der Waals surface area (Å²) < 4.78 is 0. The van der Waals surface area contributed by atoms with Crippen LogP contribution in [0.5, 0.6) is 0 Å². The van der Waals surface area contributed by atoms with E-state index in [9.17, 15) is 4.79 Å². The highest BCUT2D eigenvalue weighted by Gasteiger charge is 2.33. The molecule has 1 unspecified atom stereocenters. The molecule has 0 bridgehead atoms. The van der Waals surface area contributed by atoms with Crippen LogP contribution < -0.4 is 0 Å². The molecule has 0 spiro atoms. The summed E-state index contributed by atoms with van der Waals surface area (Å²) >= 11 is 0. The van der Waals surface area contributed by atoms with E-state index in [1.165, 1.54) is 31.7 Å². The number of carboxylic acids is 1. The third-order valence-electron chi connectivity index (χ3n) is 4.46. The second-order valence-corrected chi connectivity index (χ2v) is 11.5. The fourth-order valence-corrected chi connectivity index (χ4v) is 6.58. The van der Waals surface area contributed by atoms with E-state index >= 15 is 0 Å². The molecule has 5 heteroatoms. The third-order valence-corrected chi connectivity index (χ3v) is 8.89. The van der Waals surface area contributed by atoms with Crippen LogP contribution in [-0.2, 0) is 9.68 Å². The van der Waals surface area contributed by atoms with E-state index < -0.39 is 20.0 Å². The van der Waals surface area contributed by atoms with Crippen molar-refractivity contribution in [3.8, 4) is 0 Å². The molecule has 4 nitrogen and oxygen atoms in total. The van der Waals surface area contributed by atoms with E-state index in [2.05, 4.69) is 18.0 Å². The van der Waals surface area contributed by atoms with Crippen molar-refractivity contribution in [2.75, 3.05) is 6.61 Å². The van der Waals surface area contributed by atoms with Crippen LogP contribution in [0.2, 0.25) is 24.7 Å². The van der Waals surface area contributed by atoms with Gasteiger partial charge in [-0.05, 0) is 12.0 Å². The van der Waals surface area contributed by atoms with Gasteiger partial charge in [-0.1, -0.05) is 51.2 Å². The number of carbonyl (C=O) groups is 1. The minimum atomic E-state index is -1.19. The molecule has 0 aromatic heterocycles. The maximum Gasteiger partial charge on any atom is 0.308 e. The second-order valence-electron chi connectivity index (χ2n) is 6.19. The van der Waals surface area contributed by atoms with E-state index in [0.717, 1.165) is 12.0 Å². The number of aliphatic carboxylic acids is 1. The standard InChI is InChI=1S/C13H26O4Si/c1-18(2,12-7-3-4-8-12)9-5-6-11(10-17-16)13(14)15/h11-12,16H,3-10H2,1-2H3,(H,14,15). The van der Waals surface area contributed by atoms with Crippen LogP contribution >= 0.6 is 0 Å². The van der Waals surface area contributed by atoms with Crippen LogP contribution in [0.25, 0.3) is 0 Å². The van der Waals surface area contributed by atoms with Gasteiger partial charge in [0.05, 0.1) is 20.6 Å². The van der Waals surface area contributed by atoms with Gasteiger partial charge < -0.3 is 5.11 Å². The average Bonchev–Trinajstić information content (AvgIpc) is 2.81. The van der Waals surface area contributed by atoms with Gasteiger partial charge in [-0.15, -0.1) is 0 Å². The molecule has 0 saturated heterocycles. The molecule has 18 heavy (non-hydrogen) atoms. The number of hydrogen-bond donors (Lipinski definition) is 2. The topological polar surface area (TPSA) is 66.8 Å². The summed E-state index contributed by atoms with van der Waals surface area (Å²) in [5.74, 6) is -1.44. The molecule has 2 N–H and O–H groups in total. The molecule has 1 atom stereocenters. The first-order valence-corrected chi connectivity index (χ1v) is 10.2. The lowest BCUT2D eigenvalue weighted by Gasteiger charge is -2.29. The van der Waals surface area contributed by atoms with Crippen molar-refractivity contribution < 1.29 is 20.0 Å². The molecule has 1 aliphatic rings. The first kappa shape index (κ1) is 15.7. The molecule has 0 amide bonds. The molecule has 1 aliphatic carbocycles. The molecule has 0 aliphatic heterocycles. The maximum atomic E-state index is 10.9. The van der Waals surface area contributed by atoms with Crippen LogP contribution in [0.4, 0.5) is 0 Å². The predicted octanol–water partition coefficient (Wildman–Crippen LogP) is 3.61. The largest absolute Gasteiger partial charge is 0.481 e. The highest BCUT2D eigenvalue weighted by molar-refractivity contribution is 6.78. The zero-order chi connectivity index (χ0) is 13.6. The van der Waals surface area contributed by atoms with E-state index in [0.29, 0.717) is 6.42 Å². The maximum absolute atomic E-state index is 10.9. The van der Waals surface area contributed by atoms with Crippen molar-refractivity contribution in [1.29, 1.82) is 0 Å². The normalized spacial score (nSPS) is 19.1. The summed E-state index contributed by atoms with van der Waals surface area (Å²) in [6.45, 7) is 4.77. The molecule has 106 valence electrons. The van der Waals surface area contributed by atoms with Crippen LogP contribution in [0.1, 0.15) is 38.5 Å². The Kier molecular flexibility index (Phi) is 6.32. The Bertz CT molecular complexity index is 262. The quantitative estimate of drug-likeness (QED) is 0.403. The van der Waals surface area contributed by atoms with Gasteiger partial charge in [0.1, 0.15) is 0 Å². The fraction of sp³-hybridized carbons (Fsp3) is 0.923. The summed E-state index contributed by atoms with van der Waals surface area (Å²) in [7, 11) is -1.19. The fourth-order valence-electron chi connectivity index (χ4n) is 3.08. The average molecular weight is 274 g/mol. The first-order valence-electron chi connectivity index (χ1n) is 6.96. The Morgan fingerprint density at radius 3 is 2.50 bits per heavy atom. The van der Waals surface area contributed by atoms with Crippen molar-refractivity contribution in [1.82, 2.24) is 0 Å². The van der Waals surface area contributed by atoms with Gasteiger partial charge in [0, 0.05) is 0 Å². The van der Waals surface area contributed by atoms with Gasteiger partial charge in [0.2, 0.25) is 0 Å². The Hall–Kier alpha value is -0.393. The first-order chi connectivity index (χ1) is 8.47. The predicted molar refractivity (Wildman–Crippen MR) is 73.4 cm³/mol. The second kappa shape index (κ2) is 7.26. The van der Waals surface area contributed by atoms with Crippen LogP contribution in [0.15, 0.2) is 0 Å². The molecule has 0 aromatic rings. The minimum Gasteiger partial charge on any atom is -0.481 e. The van der Waals surface area contributed by atoms with Crippen molar-refractivity contribution in [3.63, 3.8) is 0 Å². The van der Waals surface area contributed by atoms with E-state index in [4.69, 9.17) is 10.4 Å². The van der Waals surface area contributed by atoms with E-state index in [-0.39, 0.29) is 6.61 Å². The third kappa shape index (κ3) is 4.70. The van der Waals surface area contributed by atoms with Crippen LogP contribution in [0.3, 0.4) is 0 Å². The number of hydrogen-bond acceptors (Lipinski definition) is 3. The summed E-state index contributed by atoms with van der Waals surface area (Å²) in [6.07, 6.45) is 7.05. The lowest BCUT2D eigenvalue weighted by molar-refractivity contribution is -0.251. The zero-order valence-corrected chi connectivity index (χ0v) is 12.5. The van der Waals surface area contributed by atoms with Gasteiger partial charge >= 0.3 is 5.97 Å². The van der Waals surface area contributed by atoms with Crippen LogP contribution in [0, 0.1) is 5.92 Å². The SMILES string of the molecule is C[Si](C)(CCCC(COO)C(=O)O)C1CCCC1. The van der Waals surface area contributed by atoms with Gasteiger partial charge in [0.25, 0.3) is 0 Å². The zero-order valence-electron chi connectivity index (χ0n) is 11.5. The lowest BCUT2D eigenvalue weighted by Crippen LogP contribution is -2.31. The Balaban J connectivity index is 2.32. The van der Waals surface area contributed by atoms with E-state index in [1.54, 1.807) is 0 Å². The summed E-state index contributed by atoms with van der Waals surface area (Å²) in [4.78, 5) is 14.9. The van der Waals surface area contributed by atoms with Gasteiger partial charge in [0.15, 0.2) is 0 Å². The van der Waals surface area contributed by atoms with Crippen LogP contribution in [-0.4, -0.2) is 31.0 Å². The summed E-state index contributed by atoms with van der Waals surface area (Å²) in [6, 6.07) is 1.19. The molecule has 0 radical (unpaired) electrons. The summed E-state index contributed by atoms with van der Waals surface area (Å²) in [5.41, 5.74) is 0.926. The summed E-state index contributed by atoms with van der Waals surface area (Å²) in [5, 5.41) is 17.3. The molecule has 0 heterocycles. The monoisotopic (exact) mass is 274 g/mol. The van der Waals surface area contributed by atoms with Gasteiger partial charge in [-0.2, -0.15) is 0 Å². The Morgan fingerprint density at radius 2 is 2.00 bits per heavy atom. The molecule has 0 aromatic carbocycles. The Morgan fingerprint density at radius 1 is 1.39 bits per heavy atom. The molecular formula is C13H26O4Si. The van der Waals surface area contributed by atoms with Crippen molar-refractivity contribution in [3.05, 3.63) is 0 Å². The Labute approximate surface area is 110 Å². The van der Waals surface area contributed by atoms with Gasteiger partial charge in [-0.25, -0.2) is 4.89 Å². The number of carboxylic acid groups (broad SMARTS) is 1. The van der Waals surface area contributed by atoms with Gasteiger partial charge in [-0.3, -0.25) is 10.1 Å². The van der Waals surface area contributed by atoms with Crippen molar-refractivity contribution in [2.24, 2.45) is 5.92 Å². The smallest absolute Gasteiger partial charge is 0.308 e. The highest BCUT2D eigenvalue weighted by Crippen LogP contribution is 2.41. The molecular weight excluding hydrogens is 248 g/mol.